The molecule has 0 aromatic rings. The van der Waals surface area contributed by atoms with E-state index in [0.717, 1.165) is 12.8 Å². The van der Waals surface area contributed by atoms with Crippen molar-refractivity contribution in [1.82, 2.24) is 4.90 Å². The van der Waals surface area contributed by atoms with Gasteiger partial charge < -0.3 is 9.64 Å². The van der Waals surface area contributed by atoms with Gasteiger partial charge in [-0.2, -0.15) is 0 Å². The molecule has 2 atom stereocenters. The topological polar surface area (TPSA) is 29.5 Å². The molecule has 0 aromatic heterocycles. The van der Waals surface area contributed by atoms with Crippen molar-refractivity contribution >= 4 is 5.91 Å². The first-order valence-corrected chi connectivity index (χ1v) is 4.93. The summed E-state index contributed by atoms with van der Waals surface area (Å²) >= 11 is 0. The molecule has 0 spiro atoms. The van der Waals surface area contributed by atoms with Crippen LogP contribution in [0.2, 0.25) is 0 Å². The minimum atomic E-state index is 0.133. The van der Waals surface area contributed by atoms with Gasteiger partial charge in [-0.05, 0) is 12.8 Å². The normalized spacial score (nSPS) is 28.5. The molecule has 3 heteroatoms. The summed E-state index contributed by atoms with van der Waals surface area (Å²) in [6.45, 7) is 1.61. The van der Waals surface area contributed by atoms with E-state index in [-0.39, 0.29) is 18.1 Å². The Kier molecular flexibility index (Phi) is 3.72. The first-order chi connectivity index (χ1) is 6.16. The van der Waals surface area contributed by atoms with E-state index in [4.69, 9.17) is 4.74 Å². The smallest absolute Gasteiger partial charge is 0.219 e. The number of carbonyl (C=O) groups is 1. The van der Waals surface area contributed by atoms with Gasteiger partial charge in [-0.3, -0.25) is 4.79 Å². The largest absolute Gasteiger partial charge is 0.379 e. The highest BCUT2D eigenvalue weighted by Crippen LogP contribution is 2.24. The standard InChI is InChI=1S/C10H19NO2/c1-8(12)11(2)9-6-4-5-7-10(9)13-3/h9-10H,4-7H2,1-3H3. The quantitative estimate of drug-likeness (QED) is 0.651. The van der Waals surface area contributed by atoms with Crippen molar-refractivity contribution in [3.05, 3.63) is 0 Å². The van der Waals surface area contributed by atoms with Crippen molar-refractivity contribution < 1.29 is 9.53 Å². The Morgan fingerprint density at radius 2 is 2.00 bits per heavy atom. The highest BCUT2D eigenvalue weighted by atomic mass is 16.5. The van der Waals surface area contributed by atoms with Gasteiger partial charge in [-0.1, -0.05) is 12.8 Å². The van der Waals surface area contributed by atoms with E-state index >= 15 is 0 Å². The number of carbonyl (C=O) groups excluding carboxylic acids is 1. The lowest BCUT2D eigenvalue weighted by Crippen LogP contribution is -2.46. The number of nitrogens with zero attached hydrogens (tertiary/aromatic N) is 1. The van der Waals surface area contributed by atoms with Crippen LogP contribution in [0.1, 0.15) is 32.6 Å². The molecule has 1 amide bonds. The summed E-state index contributed by atoms with van der Waals surface area (Å²) in [6.07, 6.45) is 4.83. The average molecular weight is 185 g/mol. The number of hydrogen-bond donors (Lipinski definition) is 0. The lowest BCUT2D eigenvalue weighted by atomic mass is 9.91. The summed E-state index contributed by atoms with van der Waals surface area (Å²) < 4.78 is 5.38. The van der Waals surface area contributed by atoms with Gasteiger partial charge in [0.25, 0.3) is 0 Å². The molecule has 0 heterocycles. The van der Waals surface area contributed by atoms with Gasteiger partial charge in [0.1, 0.15) is 0 Å². The molecule has 1 aliphatic rings. The molecule has 2 unspecified atom stereocenters. The maximum Gasteiger partial charge on any atom is 0.219 e. The third-order valence-electron chi connectivity index (χ3n) is 2.96. The zero-order valence-corrected chi connectivity index (χ0v) is 8.75. The molecule has 76 valence electrons. The van der Waals surface area contributed by atoms with Crippen LogP contribution in [0.4, 0.5) is 0 Å². The zero-order valence-electron chi connectivity index (χ0n) is 8.75. The molecule has 0 bridgehead atoms. The number of likely N-dealkylation sites (N-methyl/N-ethyl adjacent to an activating group) is 1. The molecule has 13 heavy (non-hydrogen) atoms. The van der Waals surface area contributed by atoms with Gasteiger partial charge >= 0.3 is 0 Å². The summed E-state index contributed by atoms with van der Waals surface area (Å²) in [7, 11) is 3.60. The van der Waals surface area contributed by atoms with Crippen molar-refractivity contribution in [2.24, 2.45) is 0 Å². The summed E-state index contributed by atoms with van der Waals surface area (Å²) in [6, 6.07) is 0.288. The number of methoxy groups -OCH3 is 1. The lowest BCUT2D eigenvalue weighted by molar-refractivity contribution is -0.133. The van der Waals surface area contributed by atoms with Crippen molar-refractivity contribution in [1.29, 1.82) is 0 Å². The molecule has 1 fully saturated rings. The molecular weight excluding hydrogens is 166 g/mol. The van der Waals surface area contributed by atoms with Gasteiger partial charge in [0.05, 0.1) is 12.1 Å². The van der Waals surface area contributed by atoms with Crippen LogP contribution in [-0.4, -0.2) is 37.1 Å². The summed E-state index contributed by atoms with van der Waals surface area (Å²) in [5, 5.41) is 0. The van der Waals surface area contributed by atoms with Crippen molar-refractivity contribution in [3.8, 4) is 0 Å². The van der Waals surface area contributed by atoms with Gasteiger partial charge in [-0.25, -0.2) is 0 Å². The van der Waals surface area contributed by atoms with Gasteiger partial charge in [0.15, 0.2) is 0 Å². The number of amides is 1. The van der Waals surface area contributed by atoms with Crippen LogP contribution in [-0.2, 0) is 9.53 Å². The summed E-state index contributed by atoms with van der Waals surface area (Å²) in [5.41, 5.74) is 0. The average Bonchev–Trinajstić information content (AvgIpc) is 2.16. The first kappa shape index (κ1) is 10.5. The molecule has 0 aromatic carbocycles. The van der Waals surface area contributed by atoms with Gasteiger partial charge in [0.2, 0.25) is 5.91 Å². The Morgan fingerprint density at radius 3 is 2.54 bits per heavy atom. The predicted octanol–water partition coefficient (Wildman–Crippen LogP) is 1.42. The molecule has 1 aliphatic carbocycles. The Hall–Kier alpha value is -0.570. The van der Waals surface area contributed by atoms with Crippen LogP contribution in [0.5, 0.6) is 0 Å². The van der Waals surface area contributed by atoms with Crippen molar-refractivity contribution in [2.75, 3.05) is 14.2 Å². The molecule has 0 aliphatic heterocycles. The second-order valence-electron chi connectivity index (χ2n) is 3.76. The lowest BCUT2D eigenvalue weighted by Gasteiger charge is -2.36. The van der Waals surface area contributed by atoms with E-state index in [1.165, 1.54) is 12.8 Å². The fourth-order valence-corrected chi connectivity index (χ4v) is 2.03. The van der Waals surface area contributed by atoms with Gasteiger partial charge in [0, 0.05) is 21.1 Å². The third-order valence-corrected chi connectivity index (χ3v) is 2.96. The van der Waals surface area contributed by atoms with Crippen LogP contribution < -0.4 is 0 Å². The highest BCUT2D eigenvalue weighted by Gasteiger charge is 2.29. The van der Waals surface area contributed by atoms with Crippen LogP contribution >= 0.6 is 0 Å². The first-order valence-electron chi connectivity index (χ1n) is 4.93. The SMILES string of the molecule is COC1CCCCC1N(C)C(C)=O. The van der Waals surface area contributed by atoms with E-state index in [1.807, 2.05) is 11.9 Å². The van der Waals surface area contributed by atoms with Crippen LogP contribution in [0.15, 0.2) is 0 Å². The Labute approximate surface area is 80.1 Å². The fourth-order valence-electron chi connectivity index (χ4n) is 2.03. The van der Waals surface area contributed by atoms with E-state index < -0.39 is 0 Å². The monoisotopic (exact) mass is 185 g/mol. The fraction of sp³-hybridized carbons (Fsp3) is 0.900. The van der Waals surface area contributed by atoms with Crippen LogP contribution in [0.3, 0.4) is 0 Å². The van der Waals surface area contributed by atoms with E-state index in [9.17, 15) is 4.79 Å². The molecule has 0 saturated heterocycles. The van der Waals surface area contributed by atoms with Gasteiger partial charge in [-0.15, -0.1) is 0 Å². The Bertz CT molecular complexity index is 182. The maximum absolute atomic E-state index is 11.2. The molecular formula is C10H19NO2. The number of rotatable bonds is 2. The highest BCUT2D eigenvalue weighted by molar-refractivity contribution is 5.73. The second-order valence-corrected chi connectivity index (χ2v) is 3.76. The molecule has 1 rings (SSSR count). The minimum Gasteiger partial charge on any atom is -0.379 e. The number of hydrogen-bond acceptors (Lipinski definition) is 2. The van der Waals surface area contributed by atoms with Crippen molar-refractivity contribution in [3.63, 3.8) is 0 Å². The Balaban J connectivity index is 2.58. The van der Waals surface area contributed by atoms with Crippen LogP contribution in [0.25, 0.3) is 0 Å². The minimum absolute atomic E-state index is 0.133. The van der Waals surface area contributed by atoms with E-state index in [1.54, 1.807) is 14.0 Å². The predicted molar refractivity (Wildman–Crippen MR) is 51.5 cm³/mol. The molecule has 3 nitrogen and oxygen atoms in total. The van der Waals surface area contributed by atoms with Crippen molar-refractivity contribution in [2.45, 2.75) is 44.8 Å². The summed E-state index contributed by atoms with van der Waals surface area (Å²) in [4.78, 5) is 13.0. The Morgan fingerprint density at radius 1 is 1.38 bits per heavy atom. The van der Waals surface area contributed by atoms with E-state index in [2.05, 4.69) is 0 Å². The molecule has 0 radical (unpaired) electrons. The zero-order chi connectivity index (χ0) is 9.84. The third kappa shape index (κ3) is 2.44. The number of ether oxygens (including phenoxy) is 1. The molecule has 1 saturated carbocycles. The van der Waals surface area contributed by atoms with E-state index in [0.29, 0.717) is 0 Å². The molecule has 0 N–H and O–H groups in total. The van der Waals surface area contributed by atoms with Crippen LogP contribution in [0, 0.1) is 0 Å². The maximum atomic E-state index is 11.2. The summed E-state index contributed by atoms with van der Waals surface area (Å²) in [5.74, 6) is 0.133. The second kappa shape index (κ2) is 4.61.